The highest BCUT2D eigenvalue weighted by Gasteiger charge is 2.15. The van der Waals surface area contributed by atoms with Crippen molar-refractivity contribution in [1.29, 1.82) is 0 Å². The number of H-pyrrole nitrogens is 1. The van der Waals surface area contributed by atoms with E-state index in [2.05, 4.69) is 42.3 Å². The number of nitrogens with one attached hydrogen (secondary N) is 2. The fourth-order valence-electron chi connectivity index (χ4n) is 3.29. The minimum atomic E-state index is -0.489. The Hall–Kier alpha value is -2.50. The lowest BCUT2D eigenvalue weighted by atomic mass is 10.1. The summed E-state index contributed by atoms with van der Waals surface area (Å²) in [5.74, 6) is 0. The zero-order valence-electron chi connectivity index (χ0n) is 15.1. The first kappa shape index (κ1) is 17.9. The van der Waals surface area contributed by atoms with Crippen LogP contribution in [0.1, 0.15) is 16.8 Å². The van der Waals surface area contributed by atoms with Crippen LogP contribution in [0.4, 0.5) is 4.79 Å². The SMILES string of the molecule is Cc1ccc2[nH]c(C)c(CCNC(=O)Oc3sc4ccccc4c3Cl)c2c1. The number of fused-ring (bicyclic) bond motifs is 2. The van der Waals surface area contributed by atoms with Gasteiger partial charge in [-0.2, -0.15) is 0 Å². The molecule has 0 spiro atoms. The lowest BCUT2D eigenvalue weighted by molar-refractivity contribution is 0.202. The Morgan fingerprint density at radius 1 is 1.19 bits per heavy atom. The van der Waals surface area contributed by atoms with Crippen LogP contribution < -0.4 is 10.1 Å². The maximum Gasteiger partial charge on any atom is 0.413 e. The van der Waals surface area contributed by atoms with E-state index >= 15 is 0 Å². The highest BCUT2D eigenvalue weighted by atomic mass is 35.5. The van der Waals surface area contributed by atoms with Crippen LogP contribution in [0.2, 0.25) is 5.02 Å². The van der Waals surface area contributed by atoms with Gasteiger partial charge in [0.1, 0.15) is 5.02 Å². The first-order valence-corrected chi connectivity index (χ1v) is 9.93. The Morgan fingerprint density at radius 3 is 2.81 bits per heavy atom. The topological polar surface area (TPSA) is 54.1 Å². The number of aryl methyl sites for hydroxylation is 2. The van der Waals surface area contributed by atoms with Gasteiger partial charge in [0.25, 0.3) is 0 Å². The van der Waals surface area contributed by atoms with Gasteiger partial charge in [-0.15, -0.1) is 0 Å². The van der Waals surface area contributed by atoms with E-state index in [0.717, 1.165) is 27.7 Å². The van der Waals surface area contributed by atoms with E-state index in [4.69, 9.17) is 16.3 Å². The molecule has 0 atom stereocenters. The number of ether oxygens (including phenoxy) is 1. The van der Waals surface area contributed by atoms with Crippen LogP contribution in [0.25, 0.3) is 21.0 Å². The Labute approximate surface area is 166 Å². The Bertz CT molecular complexity index is 1150. The summed E-state index contributed by atoms with van der Waals surface area (Å²) in [5.41, 5.74) is 4.68. The highest BCUT2D eigenvalue weighted by Crippen LogP contribution is 2.41. The minimum absolute atomic E-state index is 0.425. The third kappa shape index (κ3) is 3.53. The standard InChI is InChI=1S/C21H19ClN2O2S/c1-12-7-8-17-16(11-12)14(13(2)24-17)9-10-23-21(25)26-20-19(22)15-5-3-4-6-18(15)27-20/h3-8,11,24H,9-10H2,1-2H3,(H,23,25). The van der Waals surface area contributed by atoms with Crippen molar-refractivity contribution >= 4 is 50.0 Å². The van der Waals surface area contributed by atoms with Crippen LogP contribution in [0, 0.1) is 13.8 Å². The van der Waals surface area contributed by atoms with Crippen molar-refractivity contribution in [2.45, 2.75) is 20.3 Å². The number of amides is 1. The van der Waals surface area contributed by atoms with E-state index in [1.807, 2.05) is 24.3 Å². The van der Waals surface area contributed by atoms with Gasteiger partial charge in [0, 0.05) is 33.2 Å². The van der Waals surface area contributed by atoms with Gasteiger partial charge in [0.15, 0.2) is 0 Å². The molecular formula is C21H19ClN2O2S. The first-order valence-electron chi connectivity index (χ1n) is 8.73. The summed E-state index contributed by atoms with van der Waals surface area (Å²) in [6, 6.07) is 14.1. The molecule has 0 bridgehead atoms. The normalized spacial score (nSPS) is 11.2. The molecule has 0 aliphatic carbocycles. The van der Waals surface area contributed by atoms with Gasteiger partial charge < -0.3 is 15.0 Å². The molecule has 2 aromatic carbocycles. The Kier molecular flexibility index (Phi) is 4.81. The molecule has 0 saturated carbocycles. The molecule has 27 heavy (non-hydrogen) atoms. The molecular weight excluding hydrogens is 380 g/mol. The van der Waals surface area contributed by atoms with Crippen LogP contribution in [0.3, 0.4) is 0 Å². The van der Waals surface area contributed by atoms with Gasteiger partial charge in [0.05, 0.1) is 0 Å². The molecule has 1 amide bonds. The number of thiophene rings is 1. The van der Waals surface area contributed by atoms with E-state index in [1.54, 1.807) is 0 Å². The lowest BCUT2D eigenvalue weighted by Crippen LogP contribution is -2.28. The third-order valence-corrected chi connectivity index (χ3v) is 6.15. The fourth-order valence-corrected chi connectivity index (χ4v) is 4.60. The molecule has 0 fully saturated rings. The van der Waals surface area contributed by atoms with Crippen LogP contribution in [-0.4, -0.2) is 17.6 Å². The summed E-state index contributed by atoms with van der Waals surface area (Å²) in [6.45, 7) is 4.62. The van der Waals surface area contributed by atoms with Crippen molar-refractivity contribution in [3.8, 4) is 5.06 Å². The number of benzene rings is 2. The van der Waals surface area contributed by atoms with Crippen molar-refractivity contribution in [3.63, 3.8) is 0 Å². The predicted octanol–water partition coefficient (Wildman–Crippen LogP) is 5.98. The van der Waals surface area contributed by atoms with E-state index in [9.17, 15) is 4.79 Å². The molecule has 4 rings (SSSR count). The van der Waals surface area contributed by atoms with Gasteiger partial charge in [-0.25, -0.2) is 4.79 Å². The largest absolute Gasteiger partial charge is 0.413 e. The van der Waals surface area contributed by atoms with Gasteiger partial charge in [0.2, 0.25) is 5.06 Å². The molecule has 138 valence electrons. The van der Waals surface area contributed by atoms with Crippen molar-refractivity contribution < 1.29 is 9.53 Å². The third-order valence-electron chi connectivity index (χ3n) is 4.61. The monoisotopic (exact) mass is 398 g/mol. The minimum Gasteiger partial charge on any atom is -0.398 e. The molecule has 0 aliphatic rings. The number of halogens is 1. The fraction of sp³-hybridized carbons (Fsp3) is 0.190. The van der Waals surface area contributed by atoms with Gasteiger partial charge in [-0.1, -0.05) is 52.8 Å². The Balaban J connectivity index is 1.42. The number of hydrogen-bond acceptors (Lipinski definition) is 3. The number of aromatic amines is 1. The second-order valence-electron chi connectivity index (χ2n) is 6.54. The van der Waals surface area contributed by atoms with E-state index in [0.29, 0.717) is 16.6 Å². The van der Waals surface area contributed by atoms with Gasteiger partial charge >= 0.3 is 6.09 Å². The van der Waals surface area contributed by atoms with Crippen molar-refractivity contribution in [1.82, 2.24) is 10.3 Å². The first-order chi connectivity index (χ1) is 13.0. The molecule has 0 aliphatic heterocycles. The molecule has 2 heterocycles. The second-order valence-corrected chi connectivity index (χ2v) is 7.94. The predicted molar refractivity (Wildman–Crippen MR) is 112 cm³/mol. The quantitative estimate of drug-likeness (QED) is 0.444. The number of carbonyl (C=O) groups is 1. The molecule has 4 nitrogen and oxygen atoms in total. The van der Waals surface area contributed by atoms with Crippen LogP contribution in [0.5, 0.6) is 5.06 Å². The van der Waals surface area contributed by atoms with Crippen molar-refractivity contribution in [3.05, 3.63) is 64.3 Å². The summed E-state index contributed by atoms with van der Waals surface area (Å²) in [6.07, 6.45) is 0.238. The van der Waals surface area contributed by atoms with Crippen LogP contribution >= 0.6 is 22.9 Å². The maximum absolute atomic E-state index is 12.2. The molecule has 2 N–H and O–H groups in total. The average Bonchev–Trinajstić information content (AvgIpc) is 3.12. The second kappa shape index (κ2) is 7.25. The zero-order chi connectivity index (χ0) is 19.0. The number of rotatable bonds is 4. The molecule has 0 unspecified atom stereocenters. The summed E-state index contributed by atoms with van der Waals surface area (Å²) in [4.78, 5) is 15.6. The summed E-state index contributed by atoms with van der Waals surface area (Å²) >= 11 is 7.69. The van der Waals surface area contributed by atoms with E-state index < -0.39 is 6.09 Å². The number of carbonyl (C=O) groups excluding carboxylic acids is 1. The summed E-state index contributed by atoms with van der Waals surface area (Å²) in [5, 5.41) is 5.83. The Morgan fingerprint density at radius 2 is 2.00 bits per heavy atom. The molecule has 4 aromatic rings. The van der Waals surface area contributed by atoms with Crippen molar-refractivity contribution in [2.75, 3.05) is 6.54 Å². The van der Waals surface area contributed by atoms with Crippen LogP contribution in [-0.2, 0) is 6.42 Å². The lowest BCUT2D eigenvalue weighted by Gasteiger charge is -2.06. The van der Waals surface area contributed by atoms with E-state index in [-0.39, 0.29) is 0 Å². The van der Waals surface area contributed by atoms with Crippen molar-refractivity contribution in [2.24, 2.45) is 0 Å². The molecule has 0 saturated heterocycles. The average molecular weight is 399 g/mol. The highest BCUT2D eigenvalue weighted by molar-refractivity contribution is 7.21. The molecule has 0 radical (unpaired) electrons. The van der Waals surface area contributed by atoms with Gasteiger partial charge in [-0.05, 0) is 44.0 Å². The number of aromatic nitrogens is 1. The molecule has 6 heteroatoms. The maximum atomic E-state index is 12.2. The summed E-state index contributed by atoms with van der Waals surface area (Å²) in [7, 11) is 0. The van der Waals surface area contributed by atoms with Crippen LogP contribution in [0.15, 0.2) is 42.5 Å². The molecule has 2 aromatic heterocycles. The van der Waals surface area contributed by atoms with Gasteiger partial charge in [-0.3, -0.25) is 0 Å². The smallest absolute Gasteiger partial charge is 0.398 e. The number of hydrogen-bond donors (Lipinski definition) is 2. The summed E-state index contributed by atoms with van der Waals surface area (Å²) < 4.78 is 6.41. The zero-order valence-corrected chi connectivity index (χ0v) is 16.6. The van der Waals surface area contributed by atoms with E-state index in [1.165, 1.54) is 27.8 Å².